The quantitative estimate of drug-likeness (QED) is 0.787. The molecule has 1 aliphatic rings. The van der Waals surface area contributed by atoms with Crippen LogP contribution in [0.2, 0.25) is 0 Å². The number of rotatable bonds is 3. The van der Waals surface area contributed by atoms with Gasteiger partial charge in [-0.2, -0.15) is 0 Å². The van der Waals surface area contributed by atoms with Gasteiger partial charge in [-0.25, -0.2) is 0 Å². The number of hydrogen-bond acceptors (Lipinski definition) is 2. The Hall–Kier alpha value is -2.62. The van der Waals surface area contributed by atoms with Crippen molar-refractivity contribution in [3.05, 3.63) is 71.8 Å². The molecule has 0 radical (unpaired) electrons. The topological polar surface area (TPSA) is 40.6 Å². The lowest BCUT2D eigenvalue weighted by Crippen LogP contribution is -2.57. The van der Waals surface area contributed by atoms with Crippen molar-refractivity contribution in [3.8, 4) is 0 Å². The first-order valence-corrected chi connectivity index (χ1v) is 9.81. The molecule has 2 aromatic carbocycles. The van der Waals surface area contributed by atoms with Crippen molar-refractivity contribution in [2.75, 3.05) is 7.05 Å². The Bertz CT molecular complexity index is 857. The van der Waals surface area contributed by atoms with Gasteiger partial charge in [0.15, 0.2) is 0 Å². The average Bonchev–Trinajstić information content (AvgIpc) is 2.90. The van der Waals surface area contributed by atoms with E-state index in [1.165, 1.54) is 0 Å². The third kappa shape index (κ3) is 3.11. The molecule has 4 heteroatoms. The Kier molecular flexibility index (Phi) is 5.09. The van der Waals surface area contributed by atoms with Crippen LogP contribution in [0.5, 0.6) is 0 Å². The number of carbonyl (C=O) groups excluding carboxylic acids is 2. The highest BCUT2D eigenvalue weighted by atomic mass is 16.2. The summed E-state index contributed by atoms with van der Waals surface area (Å²) in [6.45, 7) is 10.2. The van der Waals surface area contributed by atoms with Crippen LogP contribution in [-0.2, 0) is 4.79 Å². The summed E-state index contributed by atoms with van der Waals surface area (Å²) in [5, 5.41) is 0. The first-order chi connectivity index (χ1) is 13.1. The maximum atomic E-state index is 13.7. The van der Waals surface area contributed by atoms with E-state index >= 15 is 0 Å². The summed E-state index contributed by atoms with van der Waals surface area (Å²) in [4.78, 5) is 30.8. The molecule has 148 valence electrons. The smallest absolute Gasteiger partial charge is 0.256 e. The first kappa shape index (κ1) is 20.1. The zero-order valence-electron chi connectivity index (χ0n) is 17.6. The minimum absolute atomic E-state index is 0.0203. The molecule has 1 aliphatic heterocycles. The lowest BCUT2D eigenvalue weighted by atomic mass is 9.79. The van der Waals surface area contributed by atoms with E-state index in [2.05, 4.69) is 20.8 Å². The monoisotopic (exact) mass is 378 g/mol. The largest absolute Gasteiger partial charge is 0.323 e. The molecule has 2 amide bonds. The first-order valence-electron chi connectivity index (χ1n) is 9.81. The van der Waals surface area contributed by atoms with Crippen molar-refractivity contribution in [1.29, 1.82) is 0 Å². The summed E-state index contributed by atoms with van der Waals surface area (Å²) < 4.78 is 0. The Morgan fingerprint density at radius 2 is 1.50 bits per heavy atom. The fraction of sp³-hybridized carbons (Fsp3) is 0.417. The molecule has 1 fully saturated rings. The van der Waals surface area contributed by atoms with Gasteiger partial charge in [0.25, 0.3) is 5.91 Å². The van der Waals surface area contributed by atoms with Crippen LogP contribution < -0.4 is 0 Å². The molecular weight excluding hydrogens is 348 g/mol. The summed E-state index contributed by atoms with van der Waals surface area (Å²) in [6.07, 6.45) is -0.330. The van der Waals surface area contributed by atoms with Crippen LogP contribution >= 0.6 is 0 Å². The van der Waals surface area contributed by atoms with Crippen molar-refractivity contribution in [1.82, 2.24) is 9.80 Å². The van der Waals surface area contributed by atoms with Crippen molar-refractivity contribution in [2.45, 2.75) is 52.2 Å². The Balaban J connectivity index is 2.18. The average molecular weight is 379 g/mol. The normalized spacial score (nSPS) is 23.8. The molecule has 0 aromatic heterocycles. The van der Waals surface area contributed by atoms with Crippen molar-refractivity contribution in [2.24, 2.45) is 5.41 Å². The third-order valence-corrected chi connectivity index (χ3v) is 6.02. The Morgan fingerprint density at radius 3 is 2.00 bits per heavy atom. The number of amides is 2. The second-order valence-corrected chi connectivity index (χ2v) is 8.98. The van der Waals surface area contributed by atoms with Gasteiger partial charge < -0.3 is 9.80 Å². The van der Waals surface area contributed by atoms with Crippen molar-refractivity contribution >= 4 is 11.8 Å². The lowest BCUT2D eigenvalue weighted by molar-refractivity contribution is -0.133. The second-order valence-electron chi connectivity index (χ2n) is 8.98. The molecule has 3 atom stereocenters. The van der Waals surface area contributed by atoms with Crippen LogP contribution in [-0.4, -0.2) is 40.4 Å². The SMILES string of the molecule is C[C@@H](c1ccccc1)[C@]1(C)C(=O)N(C)[C@@H](C(C)(C)C)N1C(=O)c1ccccc1. The van der Waals surface area contributed by atoms with Gasteiger partial charge >= 0.3 is 0 Å². The van der Waals surface area contributed by atoms with E-state index in [0.717, 1.165) is 5.56 Å². The molecule has 2 aromatic rings. The van der Waals surface area contributed by atoms with Gasteiger partial charge in [-0.1, -0.05) is 76.2 Å². The Labute approximate surface area is 168 Å². The van der Waals surface area contributed by atoms with Crippen LogP contribution in [0.15, 0.2) is 60.7 Å². The van der Waals surface area contributed by atoms with Crippen LogP contribution in [0.1, 0.15) is 56.5 Å². The number of hydrogen-bond donors (Lipinski definition) is 0. The molecule has 0 saturated carbocycles. The number of carbonyl (C=O) groups is 2. The predicted octanol–water partition coefficient (Wildman–Crippen LogP) is 4.54. The number of nitrogens with zero attached hydrogens (tertiary/aromatic N) is 2. The van der Waals surface area contributed by atoms with E-state index < -0.39 is 5.54 Å². The fourth-order valence-corrected chi connectivity index (χ4v) is 4.47. The standard InChI is InChI=1S/C24H30N2O2/c1-17(18-13-9-7-10-14-18)24(5)22(28)25(6)21(23(2,3)4)26(24)20(27)19-15-11-8-12-16-19/h7-17,21H,1-6H3/t17-,21+,24+/m0/s1. The summed E-state index contributed by atoms with van der Waals surface area (Å²) in [6, 6.07) is 19.2. The molecule has 0 bridgehead atoms. The van der Waals surface area contributed by atoms with Gasteiger partial charge in [0, 0.05) is 23.9 Å². The molecule has 0 N–H and O–H groups in total. The molecular formula is C24H30N2O2. The van der Waals surface area contributed by atoms with Gasteiger partial charge in [-0.3, -0.25) is 9.59 Å². The minimum atomic E-state index is -0.971. The number of likely N-dealkylation sites (N-methyl/N-ethyl adjacent to an activating group) is 1. The zero-order valence-corrected chi connectivity index (χ0v) is 17.6. The van der Waals surface area contributed by atoms with Gasteiger partial charge in [0.05, 0.1) is 0 Å². The van der Waals surface area contributed by atoms with Crippen LogP contribution in [0.4, 0.5) is 0 Å². The van der Waals surface area contributed by atoms with E-state index in [1.807, 2.05) is 86.5 Å². The van der Waals surface area contributed by atoms with Crippen molar-refractivity contribution in [3.63, 3.8) is 0 Å². The maximum Gasteiger partial charge on any atom is 0.256 e. The van der Waals surface area contributed by atoms with Crippen LogP contribution in [0, 0.1) is 5.41 Å². The van der Waals surface area contributed by atoms with Gasteiger partial charge in [-0.15, -0.1) is 0 Å². The van der Waals surface area contributed by atoms with E-state index in [4.69, 9.17) is 0 Å². The zero-order chi connectivity index (χ0) is 20.7. The third-order valence-electron chi connectivity index (χ3n) is 6.02. The fourth-order valence-electron chi connectivity index (χ4n) is 4.47. The molecule has 4 nitrogen and oxygen atoms in total. The molecule has 0 spiro atoms. The molecule has 28 heavy (non-hydrogen) atoms. The summed E-state index contributed by atoms with van der Waals surface area (Å²) in [7, 11) is 1.81. The molecule has 0 unspecified atom stereocenters. The molecule has 3 rings (SSSR count). The minimum Gasteiger partial charge on any atom is -0.323 e. The summed E-state index contributed by atoms with van der Waals surface area (Å²) >= 11 is 0. The molecule has 1 heterocycles. The lowest BCUT2D eigenvalue weighted by Gasteiger charge is -2.44. The Morgan fingerprint density at radius 1 is 1.00 bits per heavy atom. The highest BCUT2D eigenvalue weighted by Gasteiger charge is 2.60. The van der Waals surface area contributed by atoms with Crippen molar-refractivity contribution < 1.29 is 9.59 Å². The highest BCUT2D eigenvalue weighted by Crippen LogP contribution is 2.46. The molecule has 1 saturated heterocycles. The van der Waals surface area contributed by atoms with E-state index in [-0.39, 0.29) is 29.3 Å². The van der Waals surface area contributed by atoms with Crippen LogP contribution in [0.25, 0.3) is 0 Å². The van der Waals surface area contributed by atoms with Gasteiger partial charge in [0.1, 0.15) is 11.7 Å². The van der Waals surface area contributed by atoms with E-state index in [1.54, 1.807) is 4.90 Å². The van der Waals surface area contributed by atoms with Gasteiger partial charge in [0.2, 0.25) is 5.91 Å². The maximum absolute atomic E-state index is 13.7. The molecule has 0 aliphatic carbocycles. The van der Waals surface area contributed by atoms with E-state index in [9.17, 15) is 9.59 Å². The number of benzene rings is 2. The second kappa shape index (κ2) is 7.08. The summed E-state index contributed by atoms with van der Waals surface area (Å²) in [5.41, 5.74) is 0.391. The predicted molar refractivity (Wildman–Crippen MR) is 112 cm³/mol. The summed E-state index contributed by atoms with van der Waals surface area (Å²) in [5.74, 6) is -0.278. The van der Waals surface area contributed by atoms with Crippen LogP contribution in [0.3, 0.4) is 0 Å². The van der Waals surface area contributed by atoms with Gasteiger partial charge in [-0.05, 0) is 24.6 Å². The highest BCUT2D eigenvalue weighted by molar-refractivity contribution is 6.02. The van der Waals surface area contributed by atoms with E-state index in [0.29, 0.717) is 5.56 Å².